The maximum Gasteiger partial charge on any atom is 0.137 e. The van der Waals surface area contributed by atoms with Gasteiger partial charge in [0.1, 0.15) is 23.2 Å². The average molecular weight is 621 g/mol. The number of rotatable bonds is 10. The topological polar surface area (TPSA) is 42.6 Å². The highest BCUT2D eigenvalue weighted by atomic mass is 16.5. The van der Waals surface area contributed by atoms with Crippen LogP contribution in [0.15, 0.2) is 108 Å². The Bertz CT molecular complexity index is 2050. The molecule has 0 saturated heterocycles. The first-order chi connectivity index (χ1) is 22.9. The fourth-order valence-corrected chi connectivity index (χ4v) is 7.67. The second kappa shape index (κ2) is 13.1. The first-order valence-corrected chi connectivity index (χ1v) is 17.1. The lowest BCUT2D eigenvalue weighted by Crippen LogP contribution is -2.33. The second-order valence-electron chi connectivity index (χ2n) is 13.1. The van der Waals surface area contributed by atoms with Gasteiger partial charge in [-0.25, -0.2) is 4.98 Å². The van der Waals surface area contributed by atoms with Crippen molar-refractivity contribution in [3.05, 3.63) is 126 Å². The molecule has 0 spiro atoms. The predicted molar refractivity (Wildman–Crippen MR) is 197 cm³/mol. The average Bonchev–Trinajstić information content (AvgIpc) is 3.64. The van der Waals surface area contributed by atoms with E-state index in [2.05, 4.69) is 122 Å². The number of fused-ring (bicyclic) bond motifs is 3. The minimum atomic E-state index is 0.269. The van der Waals surface area contributed by atoms with Crippen molar-refractivity contribution in [3.8, 4) is 17.3 Å². The number of aromatic nitrogens is 2. The number of amidine groups is 1. The molecule has 0 N–H and O–H groups in total. The third kappa shape index (κ3) is 5.91. The summed E-state index contributed by atoms with van der Waals surface area (Å²) in [5, 5.41) is 2.37. The molecule has 47 heavy (non-hydrogen) atoms. The number of benzene rings is 4. The van der Waals surface area contributed by atoms with Gasteiger partial charge in [-0.1, -0.05) is 80.8 Å². The van der Waals surface area contributed by atoms with Gasteiger partial charge in [-0.15, -0.1) is 0 Å². The summed E-state index contributed by atoms with van der Waals surface area (Å²) >= 11 is 0. The summed E-state index contributed by atoms with van der Waals surface area (Å²) < 4.78 is 8.84. The summed E-state index contributed by atoms with van der Waals surface area (Å²) in [5.41, 5.74) is 8.44. The van der Waals surface area contributed by atoms with Gasteiger partial charge in [-0.2, -0.15) is 0 Å². The van der Waals surface area contributed by atoms with Crippen molar-refractivity contribution in [1.82, 2.24) is 9.55 Å². The van der Waals surface area contributed by atoms with Crippen molar-refractivity contribution in [1.29, 1.82) is 0 Å². The Morgan fingerprint density at radius 1 is 0.745 bits per heavy atom. The molecule has 0 bridgehead atoms. The molecule has 0 aliphatic carbocycles. The van der Waals surface area contributed by atoms with Gasteiger partial charge in [0, 0.05) is 40.8 Å². The van der Waals surface area contributed by atoms with Gasteiger partial charge in [0.05, 0.1) is 17.1 Å². The number of pyridine rings is 1. The first kappa shape index (κ1) is 30.7. The van der Waals surface area contributed by atoms with Crippen molar-refractivity contribution >= 4 is 33.3 Å². The number of hydrogen-bond donors (Lipinski definition) is 0. The fraction of sp³-hybridized carbons (Fsp3) is 0.286. The van der Waals surface area contributed by atoms with Crippen LogP contribution < -0.4 is 9.64 Å². The number of nitrogens with zero attached hydrogens (tertiary/aromatic N) is 4. The van der Waals surface area contributed by atoms with E-state index in [4.69, 9.17) is 9.73 Å². The lowest BCUT2D eigenvalue weighted by Gasteiger charge is -2.27. The van der Waals surface area contributed by atoms with Crippen molar-refractivity contribution < 1.29 is 4.74 Å². The molecule has 5 nitrogen and oxygen atoms in total. The van der Waals surface area contributed by atoms with Gasteiger partial charge < -0.3 is 9.64 Å². The molecular formula is C42H44N4O. The number of ether oxygens (including phenoxy) is 1. The third-order valence-corrected chi connectivity index (χ3v) is 9.53. The SMILES string of the molecule is CCCC(CCC)[C@H]1CN(c2c(C)cc(C)cc2C)C(c2cccc(Oc3ccc4c5ccccc5n(-c5ccccn5)c4c3)c2)=N1. The largest absolute Gasteiger partial charge is 0.457 e. The normalized spacial score (nSPS) is 14.8. The van der Waals surface area contributed by atoms with Crippen LogP contribution >= 0.6 is 0 Å². The van der Waals surface area contributed by atoms with Crippen LogP contribution in [-0.4, -0.2) is 28.0 Å². The smallest absolute Gasteiger partial charge is 0.137 e. The van der Waals surface area contributed by atoms with Gasteiger partial charge in [-0.05, 0) is 93.1 Å². The highest BCUT2D eigenvalue weighted by molar-refractivity contribution is 6.12. The van der Waals surface area contributed by atoms with Crippen molar-refractivity contribution in [2.75, 3.05) is 11.4 Å². The van der Waals surface area contributed by atoms with Crippen LogP contribution in [0.5, 0.6) is 11.5 Å². The molecule has 3 heterocycles. The Labute approximate surface area is 278 Å². The number of hydrogen-bond acceptors (Lipinski definition) is 4. The summed E-state index contributed by atoms with van der Waals surface area (Å²) in [6.07, 6.45) is 6.61. The van der Waals surface area contributed by atoms with Crippen LogP contribution in [0.1, 0.15) is 61.8 Å². The monoisotopic (exact) mass is 620 g/mol. The van der Waals surface area contributed by atoms with Crippen LogP contribution in [0.3, 0.4) is 0 Å². The molecule has 1 atom stereocenters. The van der Waals surface area contributed by atoms with E-state index in [1.165, 1.54) is 58.8 Å². The number of aryl methyl sites for hydroxylation is 3. The van der Waals surface area contributed by atoms with E-state index < -0.39 is 0 Å². The third-order valence-electron chi connectivity index (χ3n) is 9.53. The van der Waals surface area contributed by atoms with Crippen LogP contribution in [0.2, 0.25) is 0 Å². The molecule has 4 aromatic carbocycles. The van der Waals surface area contributed by atoms with Crippen LogP contribution in [0.4, 0.5) is 5.69 Å². The highest BCUT2D eigenvalue weighted by Crippen LogP contribution is 2.37. The van der Waals surface area contributed by atoms with E-state index in [0.29, 0.717) is 5.92 Å². The Morgan fingerprint density at radius 2 is 1.47 bits per heavy atom. The van der Waals surface area contributed by atoms with Crippen LogP contribution in [0, 0.1) is 26.7 Å². The van der Waals surface area contributed by atoms with Crippen molar-refractivity contribution in [3.63, 3.8) is 0 Å². The summed E-state index contributed by atoms with van der Waals surface area (Å²) in [6.45, 7) is 12.1. The van der Waals surface area contributed by atoms with E-state index in [0.717, 1.165) is 46.3 Å². The zero-order valence-electron chi connectivity index (χ0n) is 28.2. The van der Waals surface area contributed by atoms with E-state index in [1.54, 1.807) is 0 Å². The maximum absolute atomic E-state index is 6.62. The molecule has 1 aliphatic rings. The number of para-hydroxylation sites is 1. The summed E-state index contributed by atoms with van der Waals surface area (Å²) in [7, 11) is 0. The standard InChI is InChI=1S/C42H44N4O/c1-6-13-31(14-7-2)37-27-45(41-29(4)23-28(3)24-30(41)5)42(44-37)32-15-12-16-33(25-32)47-34-20-21-36-35-17-8-9-18-38(35)46(39(36)26-34)40-19-10-11-22-43-40/h8-12,15-26,31,37H,6-7,13-14,27H2,1-5H3/t37-/m1/s1. The summed E-state index contributed by atoms with van der Waals surface area (Å²) in [5.74, 6) is 4.09. The molecule has 0 radical (unpaired) electrons. The van der Waals surface area contributed by atoms with Gasteiger partial charge >= 0.3 is 0 Å². The minimum Gasteiger partial charge on any atom is -0.457 e. The van der Waals surface area contributed by atoms with Crippen molar-refractivity contribution in [2.24, 2.45) is 10.9 Å². The van der Waals surface area contributed by atoms with Gasteiger partial charge in [0.2, 0.25) is 0 Å². The Balaban J connectivity index is 1.27. The van der Waals surface area contributed by atoms with E-state index in [1.807, 2.05) is 30.5 Å². The number of anilines is 1. The predicted octanol–water partition coefficient (Wildman–Crippen LogP) is 10.7. The lowest BCUT2D eigenvalue weighted by atomic mass is 9.90. The zero-order chi connectivity index (χ0) is 32.5. The quantitative estimate of drug-likeness (QED) is 0.153. The van der Waals surface area contributed by atoms with E-state index >= 15 is 0 Å². The first-order valence-electron chi connectivity index (χ1n) is 17.1. The van der Waals surface area contributed by atoms with E-state index in [-0.39, 0.29) is 6.04 Å². The molecule has 0 amide bonds. The molecule has 0 saturated carbocycles. The number of aliphatic imine (C=N–C) groups is 1. The molecule has 238 valence electrons. The fourth-order valence-electron chi connectivity index (χ4n) is 7.67. The molecule has 6 aromatic rings. The molecule has 5 heteroatoms. The van der Waals surface area contributed by atoms with Crippen LogP contribution in [0.25, 0.3) is 27.6 Å². The zero-order valence-corrected chi connectivity index (χ0v) is 28.2. The molecule has 0 unspecified atom stereocenters. The minimum absolute atomic E-state index is 0.269. The maximum atomic E-state index is 6.62. The Morgan fingerprint density at radius 3 is 2.21 bits per heavy atom. The summed E-state index contributed by atoms with van der Waals surface area (Å²) in [4.78, 5) is 12.7. The molecule has 1 aliphatic heterocycles. The highest BCUT2D eigenvalue weighted by Gasteiger charge is 2.33. The Kier molecular flexibility index (Phi) is 8.55. The van der Waals surface area contributed by atoms with Crippen LogP contribution in [-0.2, 0) is 0 Å². The second-order valence-corrected chi connectivity index (χ2v) is 13.1. The van der Waals surface area contributed by atoms with Gasteiger partial charge in [0.25, 0.3) is 0 Å². The molecule has 2 aromatic heterocycles. The van der Waals surface area contributed by atoms with E-state index in [9.17, 15) is 0 Å². The molecular weight excluding hydrogens is 576 g/mol. The summed E-state index contributed by atoms with van der Waals surface area (Å²) in [6, 6.07) is 34.2. The Hall–Kier alpha value is -4.90. The molecule has 0 fully saturated rings. The van der Waals surface area contributed by atoms with Gasteiger partial charge in [0.15, 0.2) is 0 Å². The lowest BCUT2D eigenvalue weighted by molar-refractivity contribution is 0.377. The van der Waals surface area contributed by atoms with Crippen molar-refractivity contribution in [2.45, 2.75) is 66.3 Å². The molecule has 7 rings (SSSR count). The van der Waals surface area contributed by atoms with Gasteiger partial charge in [-0.3, -0.25) is 9.56 Å².